The summed E-state index contributed by atoms with van der Waals surface area (Å²) in [6.45, 7) is 1.32. The van der Waals surface area contributed by atoms with E-state index in [2.05, 4.69) is 11.1 Å². The van der Waals surface area contributed by atoms with Crippen molar-refractivity contribution in [2.24, 2.45) is 0 Å². The molecule has 1 atom stereocenters. The predicted octanol–water partition coefficient (Wildman–Crippen LogP) is 1.32. The van der Waals surface area contributed by atoms with E-state index >= 15 is 0 Å². The zero-order chi connectivity index (χ0) is 12.1. The van der Waals surface area contributed by atoms with Crippen LogP contribution in [-0.4, -0.2) is 31.4 Å². The summed E-state index contributed by atoms with van der Waals surface area (Å²) in [7, 11) is 1.57. The monoisotopic (exact) mass is 234 g/mol. The van der Waals surface area contributed by atoms with Gasteiger partial charge in [0.15, 0.2) is 11.5 Å². The second-order valence-electron chi connectivity index (χ2n) is 3.76. The minimum Gasteiger partial charge on any atom is -0.491 e. The Kier molecular flexibility index (Phi) is 3.78. The molecule has 90 valence electrons. The Labute approximate surface area is 99.9 Å². The smallest absolute Gasteiger partial charge is 0.179 e. The summed E-state index contributed by atoms with van der Waals surface area (Å²) in [6.07, 6.45) is 2.78. The Morgan fingerprint density at radius 3 is 3.12 bits per heavy atom. The molecule has 2 heterocycles. The van der Waals surface area contributed by atoms with E-state index in [9.17, 15) is 0 Å². The molecule has 1 saturated heterocycles. The van der Waals surface area contributed by atoms with Crippen LogP contribution >= 0.6 is 0 Å². The number of hydrogen-bond acceptors (Lipinski definition) is 5. The maximum absolute atomic E-state index is 8.64. The van der Waals surface area contributed by atoms with Crippen LogP contribution in [-0.2, 0) is 11.2 Å². The van der Waals surface area contributed by atoms with Crippen molar-refractivity contribution in [2.75, 3.05) is 20.3 Å². The van der Waals surface area contributed by atoms with Crippen LogP contribution in [0.3, 0.4) is 0 Å². The number of hydrogen-bond donors (Lipinski definition) is 0. The van der Waals surface area contributed by atoms with Crippen molar-refractivity contribution in [3.05, 3.63) is 18.0 Å². The number of nitrogens with zero attached hydrogens (tertiary/aromatic N) is 2. The van der Waals surface area contributed by atoms with E-state index in [0.29, 0.717) is 23.8 Å². The molecule has 0 aliphatic carbocycles. The van der Waals surface area contributed by atoms with Crippen molar-refractivity contribution in [1.82, 2.24) is 4.98 Å². The van der Waals surface area contributed by atoms with Gasteiger partial charge in [-0.1, -0.05) is 0 Å². The van der Waals surface area contributed by atoms with Crippen LogP contribution in [0.1, 0.15) is 12.1 Å². The Balaban J connectivity index is 2.16. The van der Waals surface area contributed by atoms with E-state index in [-0.39, 0.29) is 12.5 Å². The summed E-state index contributed by atoms with van der Waals surface area (Å²) in [4.78, 5) is 4.12. The molecule has 0 bridgehead atoms. The molecule has 17 heavy (non-hydrogen) atoms. The highest BCUT2D eigenvalue weighted by Gasteiger charge is 2.19. The Bertz CT molecular complexity index is 422. The molecule has 0 amide bonds. The third-order valence-corrected chi connectivity index (χ3v) is 2.55. The van der Waals surface area contributed by atoms with Crippen molar-refractivity contribution in [1.29, 1.82) is 5.26 Å². The summed E-state index contributed by atoms with van der Waals surface area (Å²) < 4.78 is 16.2. The molecule has 1 aromatic heterocycles. The number of ether oxygens (including phenoxy) is 3. The van der Waals surface area contributed by atoms with Crippen LogP contribution in [0.2, 0.25) is 0 Å². The molecular weight excluding hydrogens is 220 g/mol. The molecule has 0 spiro atoms. The highest BCUT2D eigenvalue weighted by Crippen LogP contribution is 2.28. The summed E-state index contributed by atoms with van der Waals surface area (Å²) in [5, 5.41) is 8.64. The van der Waals surface area contributed by atoms with Crippen molar-refractivity contribution in [3.8, 4) is 17.6 Å². The van der Waals surface area contributed by atoms with Gasteiger partial charge in [-0.3, -0.25) is 4.98 Å². The molecule has 5 nitrogen and oxygen atoms in total. The number of aromatic nitrogens is 1. The number of methoxy groups -OCH3 is 1. The molecule has 5 heteroatoms. The fraction of sp³-hybridized carbons (Fsp3) is 0.500. The van der Waals surface area contributed by atoms with Crippen molar-refractivity contribution >= 4 is 0 Å². The van der Waals surface area contributed by atoms with Gasteiger partial charge in [-0.2, -0.15) is 5.26 Å². The van der Waals surface area contributed by atoms with Gasteiger partial charge < -0.3 is 14.2 Å². The maximum atomic E-state index is 8.64. The normalized spacial score (nSPS) is 18.7. The average molecular weight is 234 g/mol. The molecule has 0 saturated carbocycles. The van der Waals surface area contributed by atoms with Gasteiger partial charge in [-0.25, -0.2) is 0 Å². The molecule has 0 aromatic carbocycles. The largest absolute Gasteiger partial charge is 0.491 e. The Hall–Kier alpha value is -1.80. The highest BCUT2D eigenvalue weighted by molar-refractivity contribution is 5.39. The number of pyridine rings is 1. The molecule has 0 radical (unpaired) electrons. The van der Waals surface area contributed by atoms with Crippen LogP contribution in [0, 0.1) is 11.3 Å². The fourth-order valence-corrected chi connectivity index (χ4v) is 1.67. The zero-order valence-electron chi connectivity index (χ0n) is 9.68. The van der Waals surface area contributed by atoms with Crippen LogP contribution in [0.5, 0.6) is 11.5 Å². The lowest BCUT2D eigenvalue weighted by Crippen LogP contribution is -2.16. The summed E-state index contributed by atoms with van der Waals surface area (Å²) in [5.41, 5.74) is 0.683. The second-order valence-corrected chi connectivity index (χ2v) is 3.76. The lowest BCUT2D eigenvalue weighted by molar-refractivity contribution is 0.138. The molecule has 1 aliphatic rings. The minimum absolute atomic E-state index is 0.0567. The first kappa shape index (κ1) is 11.7. The molecule has 1 aromatic rings. The molecule has 2 rings (SSSR count). The van der Waals surface area contributed by atoms with Gasteiger partial charge in [0.25, 0.3) is 0 Å². The van der Waals surface area contributed by atoms with E-state index in [4.69, 9.17) is 19.5 Å². The average Bonchev–Trinajstić information content (AvgIpc) is 2.83. The van der Waals surface area contributed by atoms with Crippen LogP contribution in [0.15, 0.2) is 12.3 Å². The van der Waals surface area contributed by atoms with Gasteiger partial charge in [0.05, 0.1) is 44.7 Å². The standard InChI is InChI=1S/C12H14N2O3/c1-15-12-7-14-9(2-4-13)6-11(12)17-10-3-5-16-8-10/h6-7,10H,2-3,5,8H2,1H3. The van der Waals surface area contributed by atoms with Gasteiger partial charge in [0.1, 0.15) is 6.10 Å². The first-order valence-electron chi connectivity index (χ1n) is 5.47. The number of nitriles is 1. The zero-order valence-corrected chi connectivity index (χ0v) is 9.68. The lowest BCUT2D eigenvalue weighted by atomic mass is 10.2. The van der Waals surface area contributed by atoms with Gasteiger partial charge >= 0.3 is 0 Å². The topological polar surface area (TPSA) is 64.4 Å². The van der Waals surface area contributed by atoms with E-state index < -0.39 is 0 Å². The van der Waals surface area contributed by atoms with Gasteiger partial charge in [-0.15, -0.1) is 0 Å². The van der Waals surface area contributed by atoms with Crippen molar-refractivity contribution < 1.29 is 14.2 Å². The second kappa shape index (κ2) is 5.51. The Morgan fingerprint density at radius 2 is 2.47 bits per heavy atom. The summed E-state index contributed by atoms with van der Waals surface area (Å²) in [5.74, 6) is 1.21. The first-order valence-corrected chi connectivity index (χ1v) is 5.47. The quantitative estimate of drug-likeness (QED) is 0.786. The third-order valence-electron chi connectivity index (χ3n) is 2.55. The van der Waals surface area contributed by atoms with Crippen LogP contribution in [0.25, 0.3) is 0 Å². The Morgan fingerprint density at radius 1 is 1.59 bits per heavy atom. The predicted molar refractivity (Wildman–Crippen MR) is 60.0 cm³/mol. The van der Waals surface area contributed by atoms with E-state index in [0.717, 1.165) is 13.0 Å². The molecular formula is C12H14N2O3. The minimum atomic E-state index is 0.0567. The highest BCUT2D eigenvalue weighted by atomic mass is 16.6. The van der Waals surface area contributed by atoms with Crippen LogP contribution < -0.4 is 9.47 Å². The first-order chi connectivity index (χ1) is 8.33. The van der Waals surface area contributed by atoms with Gasteiger partial charge in [0.2, 0.25) is 0 Å². The van der Waals surface area contributed by atoms with E-state index in [1.807, 2.05) is 0 Å². The van der Waals surface area contributed by atoms with Crippen molar-refractivity contribution in [3.63, 3.8) is 0 Å². The molecule has 0 N–H and O–H groups in total. The lowest BCUT2D eigenvalue weighted by Gasteiger charge is -2.15. The van der Waals surface area contributed by atoms with E-state index in [1.165, 1.54) is 0 Å². The van der Waals surface area contributed by atoms with Gasteiger partial charge in [0, 0.05) is 12.5 Å². The number of rotatable bonds is 4. The SMILES string of the molecule is COc1cnc(CC#N)cc1OC1CCOC1. The van der Waals surface area contributed by atoms with Crippen LogP contribution in [0.4, 0.5) is 0 Å². The third kappa shape index (κ3) is 2.86. The molecule has 1 unspecified atom stereocenters. The van der Waals surface area contributed by atoms with Gasteiger partial charge in [-0.05, 0) is 0 Å². The van der Waals surface area contributed by atoms with Crippen molar-refractivity contribution in [2.45, 2.75) is 18.9 Å². The summed E-state index contributed by atoms with van der Waals surface area (Å²) in [6, 6.07) is 3.81. The molecule has 1 fully saturated rings. The van der Waals surface area contributed by atoms with E-state index in [1.54, 1.807) is 19.4 Å². The molecule has 1 aliphatic heterocycles. The summed E-state index contributed by atoms with van der Waals surface area (Å²) >= 11 is 0. The maximum Gasteiger partial charge on any atom is 0.179 e. The fourth-order valence-electron chi connectivity index (χ4n) is 1.67.